The van der Waals surface area contributed by atoms with E-state index in [1.807, 2.05) is 0 Å². The number of esters is 1. The Bertz CT molecular complexity index is 171. The maximum absolute atomic E-state index is 11.3. The van der Waals surface area contributed by atoms with Gasteiger partial charge in [-0.15, -0.1) is 0 Å². The minimum absolute atomic E-state index is 0.136. The molecule has 0 amide bonds. The van der Waals surface area contributed by atoms with Crippen LogP contribution in [-0.2, 0) is 18.4 Å². The minimum atomic E-state index is -1.60. The molecule has 0 radical (unpaired) electrons. The van der Waals surface area contributed by atoms with Crippen molar-refractivity contribution in [1.29, 1.82) is 0 Å². The van der Waals surface area contributed by atoms with E-state index in [2.05, 4.69) is 6.92 Å². The number of unbranched alkanes of at least 4 members (excludes halogenated alkanes) is 3. The third kappa shape index (κ3) is 8.88. The molecule has 0 aliphatic heterocycles. The summed E-state index contributed by atoms with van der Waals surface area (Å²) in [6.45, 7) is 2.71. The molecule has 0 aromatic rings. The van der Waals surface area contributed by atoms with E-state index in [4.69, 9.17) is 13.6 Å². The van der Waals surface area contributed by atoms with Crippen molar-refractivity contribution in [1.82, 2.24) is 0 Å². The second-order valence-electron chi connectivity index (χ2n) is 3.72. The molecule has 0 aliphatic carbocycles. The maximum atomic E-state index is 11.3. The second-order valence-corrected chi connectivity index (χ2v) is 6.10. The predicted octanol–water partition coefficient (Wildman–Crippen LogP) is 2.01. The van der Waals surface area contributed by atoms with E-state index in [1.165, 1.54) is 12.8 Å². The lowest BCUT2D eigenvalue weighted by Gasteiger charge is -2.10. The first kappa shape index (κ1) is 15.6. The molecule has 0 spiro atoms. The molecule has 0 unspecified atom stereocenters. The molecule has 0 bridgehead atoms. The second kappa shape index (κ2) is 11.1. The SMILES string of the molecule is CCCCCCOC(=O)CC[SiH](OC)OC. The molecule has 4 nitrogen and oxygen atoms in total. The van der Waals surface area contributed by atoms with Crippen molar-refractivity contribution in [3.05, 3.63) is 0 Å². The molecule has 0 N–H and O–H groups in total. The first-order valence-corrected chi connectivity index (χ1v) is 7.71. The largest absolute Gasteiger partial charge is 0.466 e. The average molecular weight is 248 g/mol. The molecule has 0 aromatic heterocycles. The summed E-state index contributed by atoms with van der Waals surface area (Å²) < 4.78 is 15.3. The predicted molar refractivity (Wildman–Crippen MR) is 65.7 cm³/mol. The molecule has 0 aliphatic rings. The Morgan fingerprint density at radius 1 is 1.12 bits per heavy atom. The van der Waals surface area contributed by atoms with Crippen LogP contribution in [0.15, 0.2) is 0 Å². The van der Waals surface area contributed by atoms with Crippen LogP contribution in [-0.4, -0.2) is 36.1 Å². The quantitative estimate of drug-likeness (QED) is 0.337. The normalized spacial score (nSPS) is 10.8. The van der Waals surface area contributed by atoms with Crippen molar-refractivity contribution in [2.24, 2.45) is 0 Å². The van der Waals surface area contributed by atoms with Crippen LogP contribution in [0.2, 0.25) is 6.04 Å². The fourth-order valence-electron chi connectivity index (χ4n) is 1.35. The molecular formula is C11H24O4Si. The molecule has 0 fully saturated rings. The van der Waals surface area contributed by atoms with Crippen LogP contribution in [0.25, 0.3) is 0 Å². The highest BCUT2D eigenvalue weighted by Crippen LogP contribution is 2.03. The van der Waals surface area contributed by atoms with Gasteiger partial charge in [0.2, 0.25) is 0 Å². The summed E-state index contributed by atoms with van der Waals surface area (Å²) >= 11 is 0. The van der Waals surface area contributed by atoms with Crippen LogP contribution in [0.3, 0.4) is 0 Å². The topological polar surface area (TPSA) is 44.8 Å². The average Bonchev–Trinajstić information content (AvgIpc) is 2.30. The molecule has 0 saturated carbocycles. The van der Waals surface area contributed by atoms with Gasteiger partial charge in [0, 0.05) is 20.6 Å². The maximum Gasteiger partial charge on any atom is 0.321 e. The first-order chi connectivity index (χ1) is 7.74. The Kier molecular flexibility index (Phi) is 10.8. The van der Waals surface area contributed by atoms with Crippen molar-refractivity contribution < 1.29 is 18.4 Å². The van der Waals surface area contributed by atoms with Crippen molar-refractivity contribution >= 4 is 15.3 Å². The zero-order chi connectivity index (χ0) is 12.2. The lowest BCUT2D eigenvalue weighted by Crippen LogP contribution is -2.20. The standard InChI is InChI=1S/C11H24O4Si/c1-4-5-6-7-9-15-11(12)8-10-16(13-2)14-3/h16H,4-10H2,1-3H3. The van der Waals surface area contributed by atoms with Crippen molar-refractivity contribution in [2.75, 3.05) is 20.8 Å². The van der Waals surface area contributed by atoms with Crippen LogP contribution in [0.5, 0.6) is 0 Å². The van der Waals surface area contributed by atoms with E-state index in [1.54, 1.807) is 14.2 Å². The van der Waals surface area contributed by atoms with Crippen molar-refractivity contribution in [2.45, 2.75) is 45.1 Å². The minimum Gasteiger partial charge on any atom is -0.466 e. The highest BCUT2D eigenvalue weighted by molar-refractivity contribution is 6.44. The molecule has 0 saturated heterocycles. The molecular weight excluding hydrogens is 224 g/mol. The van der Waals surface area contributed by atoms with Crippen molar-refractivity contribution in [3.63, 3.8) is 0 Å². The molecule has 0 atom stereocenters. The lowest BCUT2D eigenvalue weighted by molar-refractivity contribution is -0.143. The molecule has 96 valence electrons. The highest BCUT2D eigenvalue weighted by Gasteiger charge is 2.12. The zero-order valence-electron chi connectivity index (χ0n) is 10.7. The number of carbonyl (C=O) groups is 1. The van der Waals surface area contributed by atoms with Crippen LogP contribution in [0, 0.1) is 0 Å². The number of ether oxygens (including phenoxy) is 1. The van der Waals surface area contributed by atoms with Crippen LogP contribution in [0.4, 0.5) is 0 Å². The molecule has 5 heteroatoms. The van der Waals surface area contributed by atoms with Crippen LogP contribution >= 0.6 is 0 Å². The van der Waals surface area contributed by atoms with Gasteiger partial charge in [-0.25, -0.2) is 0 Å². The van der Waals surface area contributed by atoms with E-state index in [0.29, 0.717) is 19.1 Å². The van der Waals surface area contributed by atoms with E-state index >= 15 is 0 Å². The smallest absolute Gasteiger partial charge is 0.321 e. The number of rotatable bonds is 10. The summed E-state index contributed by atoms with van der Waals surface area (Å²) in [6, 6.07) is 0.681. The monoisotopic (exact) mass is 248 g/mol. The Balaban J connectivity index is 3.37. The van der Waals surface area contributed by atoms with Gasteiger partial charge in [0.15, 0.2) is 0 Å². The Morgan fingerprint density at radius 2 is 1.81 bits per heavy atom. The third-order valence-corrected chi connectivity index (χ3v) is 4.18. The lowest BCUT2D eigenvalue weighted by atomic mass is 10.2. The van der Waals surface area contributed by atoms with E-state index in [-0.39, 0.29) is 5.97 Å². The fourth-order valence-corrected chi connectivity index (χ4v) is 2.49. The van der Waals surface area contributed by atoms with Gasteiger partial charge in [0.05, 0.1) is 6.61 Å². The zero-order valence-corrected chi connectivity index (χ0v) is 11.8. The molecule has 0 rings (SSSR count). The number of hydrogen-bond acceptors (Lipinski definition) is 4. The van der Waals surface area contributed by atoms with E-state index < -0.39 is 9.28 Å². The molecule has 0 heterocycles. The summed E-state index contributed by atoms with van der Waals surface area (Å²) in [7, 11) is 1.64. The summed E-state index contributed by atoms with van der Waals surface area (Å²) in [5.41, 5.74) is 0. The van der Waals surface area contributed by atoms with Gasteiger partial charge in [-0.2, -0.15) is 0 Å². The van der Waals surface area contributed by atoms with Gasteiger partial charge in [-0.1, -0.05) is 26.2 Å². The van der Waals surface area contributed by atoms with Crippen LogP contribution in [0.1, 0.15) is 39.0 Å². The van der Waals surface area contributed by atoms with Gasteiger partial charge in [0.25, 0.3) is 0 Å². The molecule has 0 aromatic carbocycles. The highest BCUT2D eigenvalue weighted by atomic mass is 28.3. The Labute approximate surface area is 100 Å². The molecule has 16 heavy (non-hydrogen) atoms. The van der Waals surface area contributed by atoms with Crippen molar-refractivity contribution in [3.8, 4) is 0 Å². The summed E-state index contributed by atoms with van der Waals surface area (Å²) in [4.78, 5) is 11.3. The summed E-state index contributed by atoms with van der Waals surface area (Å²) in [5, 5.41) is 0. The Hall–Kier alpha value is -0.393. The van der Waals surface area contributed by atoms with Gasteiger partial charge in [-0.3, -0.25) is 4.79 Å². The Morgan fingerprint density at radius 3 is 2.38 bits per heavy atom. The van der Waals surface area contributed by atoms with E-state index in [9.17, 15) is 4.79 Å². The summed E-state index contributed by atoms with van der Waals surface area (Å²) in [5.74, 6) is -0.136. The summed E-state index contributed by atoms with van der Waals surface area (Å²) in [6.07, 6.45) is 4.92. The van der Waals surface area contributed by atoms with Gasteiger partial charge in [0.1, 0.15) is 0 Å². The first-order valence-electron chi connectivity index (χ1n) is 5.95. The van der Waals surface area contributed by atoms with Gasteiger partial charge >= 0.3 is 15.3 Å². The third-order valence-electron chi connectivity index (χ3n) is 2.37. The van der Waals surface area contributed by atoms with E-state index in [0.717, 1.165) is 12.8 Å². The van der Waals surface area contributed by atoms with Crippen LogP contribution < -0.4 is 0 Å². The number of carbonyl (C=O) groups excluding carboxylic acids is 1. The fraction of sp³-hybridized carbons (Fsp3) is 0.909. The number of hydrogen-bond donors (Lipinski definition) is 0. The van der Waals surface area contributed by atoms with Gasteiger partial charge in [-0.05, 0) is 12.5 Å². The van der Waals surface area contributed by atoms with Gasteiger partial charge < -0.3 is 13.6 Å².